The number of hydrogen-bond acceptors (Lipinski definition) is 4. The molecule has 0 unspecified atom stereocenters. The molecule has 0 fully saturated rings. The lowest BCUT2D eigenvalue weighted by atomic mass is 10.0. The van der Waals surface area contributed by atoms with Crippen LogP contribution in [-0.2, 0) is 12.8 Å². The Balaban J connectivity index is 1.62. The fourth-order valence-corrected chi connectivity index (χ4v) is 3.15. The second-order valence-electron chi connectivity index (χ2n) is 5.96. The maximum absolute atomic E-state index is 13.2. The average Bonchev–Trinajstić information content (AvgIpc) is 3.08. The highest BCUT2D eigenvalue weighted by atomic mass is 19.1. The van der Waals surface area contributed by atoms with Crippen LogP contribution < -0.4 is 0 Å². The van der Waals surface area contributed by atoms with Gasteiger partial charge < -0.3 is 9.32 Å². The topological polar surface area (TPSA) is 59.2 Å². The molecule has 0 aliphatic carbocycles. The number of nitrogens with zero attached hydrogens (tertiary/aromatic N) is 3. The van der Waals surface area contributed by atoms with Crippen molar-refractivity contribution in [3.63, 3.8) is 0 Å². The van der Waals surface area contributed by atoms with E-state index in [1.807, 2.05) is 0 Å². The summed E-state index contributed by atoms with van der Waals surface area (Å²) >= 11 is 0. The van der Waals surface area contributed by atoms with Crippen LogP contribution >= 0.6 is 0 Å². The Labute approximate surface area is 144 Å². The molecule has 0 saturated heterocycles. The van der Waals surface area contributed by atoms with E-state index in [1.165, 1.54) is 31.0 Å². The average molecular weight is 337 g/mol. The van der Waals surface area contributed by atoms with Gasteiger partial charge in [-0.1, -0.05) is 0 Å². The lowest BCUT2D eigenvalue weighted by Crippen LogP contribution is -2.33. The standard InChI is InChI=1S/C19H16FN3O2/c20-15-3-1-13(2-4-15)18-16-5-8-23(9-6-17(16)21-12-22-18)19(24)14-7-10-25-11-14/h1-4,7,10-12H,5-6,8-9H2. The first-order valence-electron chi connectivity index (χ1n) is 8.12. The lowest BCUT2D eigenvalue weighted by molar-refractivity contribution is 0.0762. The smallest absolute Gasteiger partial charge is 0.257 e. The van der Waals surface area contributed by atoms with Crippen molar-refractivity contribution < 1.29 is 13.6 Å². The van der Waals surface area contributed by atoms with E-state index < -0.39 is 0 Å². The van der Waals surface area contributed by atoms with Crippen LogP contribution in [0, 0.1) is 5.82 Å². The summed E-state index contributed by atoms with van der Waals surface area (Å²) in [5.74, 6) is -0.321. The van der Waals surface area contributed by atoms with Gasteiger partial charge in [0.2, 0.25) is 0 Å². The zero-order valence-electron chi connectivity index (χ0n) is 13.5. The highest BCUT2D eigenvalue weighted by Gasteiger charge is 2.23. The zero-order valence-corrected chi connectivity index (χ0v) is 13.5. The molecule has 0 N–H and O–H groups in total. The van der Waals surface area contributed by atoms with E-state index >= 15 is 0 Å². The van der Waals surface area contributed by atoms with Crippen LogP contribution in [0.3, 0.4) is 0 Å². The SMILES string of the molecule is O=C(c1ccoc1)N1CCc2ncnc(-c3ccc(F)cc3)c2CC1. The Morgan fingerprint density at radius 3 is 2.64 bits per heavy atom. The summed E-state index contributed by atoms with van der Waals surface area (Å²) in [6.07, 6.45) is 5.81. The van der Waals surface area contributed by atoms with Gasteiger partial charge in [0.1, 0.15) is 18.4 Å². The third-order valence-electron chi connectivity index (χ3n) is 4.46. The predicted molar refractivity (Wildman–Crippen MR) is 89.4 cm³/mol. The van der Waals surface area contributed by atoms with Gasteiger partial charge in [0.05, 0.1) is 17.5 Å². The molecule has 1 aliphatic heterocycles. The fraction of sp³-hybridized carbons (Fsp3) is 0.211. The second-order valence-corrected chi connectivity index (χ2v) is 5.96. The maximum Gasteiger partial charge on any atom is 0.257 e. The van der Waals surface area contributed by atoms with Gasteiger partial charge in [-0.25, -0.2) is 14.4 Å². The molecule has 1 aromatic carbocycles. The van der Waals surface area contributed by atoms with Crippen molar-refractivity contribution >= 4 is 5.91 Å². The van der Waals surface area contributed by atoms with Crippen LogP contribution in [0.1, 0.15) is 21.6 Å². The summed E-state index contributed by atoms with van der Waals surface area (Å²) in [6, 6.07) is 7.96. The first-order chi connectivity index (χ1) is 12.2. The largest absolute Gasteiger partial charge is 0.472 e. The molecule has 2 aromatic heterocycles. The molecular formula is C19H16FN3O2. The molecular weight excluding hydrogens is 321 g/mol. The number of aromatic nitrogens is 2. The Bertz CT molecular complexity index is 892. The summed E-state index contributed by atoms with van der Waals surface area (Å²) in [5, 5.41) is 0. The van der Waals surface area contributed by atoms with E-state index in [0.717, 1.165) is 22.5 Å². The predicted octanol–water partition coefficient (Wildman–Crippen LogP) is 3.12. The summed E-state index contributed by atoms with van der Waals surface area (Å²) in [7, 11) is 0. The van der Waals surface area contributed by atoms with Crippen LogP contribution in [0.5, 0.6) is 0 Å². The molecule has 0 spiro atoms. The summed E-state index contributed by atoms with van der Waals surface area (Å²) in [6.45, 7) is 1.18. The van der Waals surface area contributed by atoms with Crippen molar-refractivity contribution in [2.45, 2.75) is 12.8 Å². The van der Waals surface area contributed by atoms with Gasteiger partial charge in [-0.15, -0.1) is 0 Å². The van der Waals surface area contributed by atoms with Crippen LogP contribution in [-0.4, -0.2) is 33.9 Å². The zero-order chi connectivity index (χ0) is 17.2. The Hall–Kier alpha value is -3.02. The Morgan fingerprint density at radius 1 is 1.08 bits per heavy atom. The minimum Gasteiger partial charge on any atom is -0.472 e. The van der Waals surface area contributed by atoms with E-state index in [-0.39, 0.29) is 11.7 Å². The number of furan rings is 1. The van der Waals surface area contributed by atoms with Gasteiger partial charge in [-0.3, -0.25) is 4.79 Å². The molecule has 4 rings (SSSR count). The molecule has 0 atom stereocenters. The molecule has 0 radical (unpaired) electrons. The number of carbonyl (C=O) groups is 1. The molecule has 1 aliphatic rings. The maximum atomic E-state index is 13.2. The van der Waals surface area contributed by atoms with Crippen molar-refractivity contribution in [3.8, 4) is 11.3 Å². The van der Waals surface area contributed by atoms with Gasteiger partial charge in [-0.2, -0.15) is 0 Å². The number of benzene rings is 1. The second kappa shape index (κ2) is 6.47. The van der Waals surface area contributed by atoms with Gasteiger partial charge >= 0.3 is 0 Å². The molecule has 3 heterocycles. The van der Waals surface area contributed by atoms with E-state index in [2.05, 4.69) is 9.97 Å². The van der Waals surface area contributed by atoms with Crippen molar-refractivity contribution in [1.82, 2.24) is 14.9 Å². The summed E-state index contributed by atoms with van der Waals surface area (Å²) < 4.78 is 18.2. The Morgan fingerprint density at radius 2 is 1.88 bits per heavy atom. The third-order valence-corrected chi connectivity index (χ3v) is 4.46. The molecule has 6 heteroatoms. The number of carbonyl (C=O) groups excluding carboxylic acids is 1. The summed E-state index contributed by atoms with van der Waals surface area (Å²) in [5.41, 5.74) is 4.18. The van der Waals surface area contributed by atoms with Crippen molar-refractivity contribution in [2.75, 3.05) is 13.1 Å². The van der Waals surface area contributed by atoms with Gasteiger partial charge in [0, 0.05) is 36.3 Å². The summed E-state index contributed by atoms with van der Waals surface area (Å²) in [4.78, 5) is 23.2. The number of amides is 1. The molecule has 5 nitrogen and oxygen atoms in total. The molecule has 25 heavy (non-hydrogen) atoms. The number of fused-ring (bicyclic) bond motifs is 1. The Kier molecular flexibility index (Phi) is 4.01. The number of halogens is 1. The van der Waals surface area contributed by atoms with Gasteiger partial charge in [-0.05, 0) is 36.8 Å². The first-order valence-corrected chi connectivity index (χ1v) is 8.12. The highest BCUT2D eigenvalue weighted by Crippen LogP contribution is 2.26. The van der Waals surface area contributed by atoms with Crippen LogP contribution in [0.15, 0.2) is 53.6 Å². The van der Waals surface area contributed by atoms with Gasteiger partial charge in [0.25, 0.3) is 5.91 Å². The molecule has 1 amide bonds. The minimum absolute atomic E-state index is 0.0437. The first kappa shape index (κ1) is 15.5. The van der Waals surface area contributed by atoms with Crippen molar-refractivity contribution in [3.05, 3.63) is 71.8 Å². The van der Waals surface area contributed by atoms with E-state index in [9.17, 15) is 9.18 Å². The minimum atomic E-state index is -0.277. The molecule has 3 aromatic rings. The van der Waals surface area contributed by atoms with Crippen molar-refractivity contribution in [2.24, 2.45) is 0 Å². The molecule has 126 valence electrons. The normalized spacial score (nSPS) is 14.0. The highest BCUT2D eigenvalue weighted by molar-refractivity contribution is 5.93. The van der Waals surface area contributed by atoms with E-state index in [1.54, 1.807) is 23.1 Å². The van der Waals surface area contributed by atoms with Crippen LogP contribution in [0.25, 0.3) is 11.3 Å². The quantitative estimate of drug-likeness (QED) is 0.721. The molecule has 0 saturated carbocycles. The third kappa shape index (κ3) is 3.03. The number of rotatable bonds is 2. The monoisotopic (exact) mass is 337 g/mol. The van der Waals surface area contributed by atoms with Gasteiger partial charge in [0.15, 0.2) is 0 Å². The fourth-order valence-electron chi connectivity index (χ4n) is 3.15. The van der Waals surface area contributed by atoms with Crippen LogP contribution in [0.2, 0.25) is 0 Å². The molecule has 0 bridgehead atoms. The van der Waals surface area contributed by atoms with E-state index in [0.29, 0.717) is 31.5 Å². The number of hydrogen-bond donors (Lipinski definition) is 0. The van der Waals surface area contributed by atoms with Crippen molar-refractivity contribution in [1.29, 1.82) is 0 Å². The lowest BCUT2D eigenvalue weighted by Gasteiger charge is -2.19. The van der Waals surface area contributed by atoms with E-state index in [4.69, 9.17) is 4.42 Å². The van der Waals surface area contributed by atoms with Crippen LogP contribution in [0.4, 0.5) is 4.39 Å².